The molecule has 0 amide bonds. The van der Waals surface area contributed by atoms with E-state index in [2.05, 4.69) is 25.4 Å². The van der Waals surface area contributed by atoms with E-state index >= 15 is 0 Å². The Labute approximate surface area is 104 Å². The average Bonchev–Trinajstić information content (AvgIpc) is 2.49. The highest BCUT2D eigenvalue weighted by molar-refractivity contribution is 5.61. The van der Waals surface area contributed by atoms with Crippen LogP contribution < -0.4 is 0 Å². The zero-order valence-corrected chi connectivity index (χ0v) is 9.43. The Hall–Kier alpha value is -2.69. The molecule has 0 aliphatic heterocycles. The van der Waals surface area contributed by atoms with Gasteiger partial charge in [-0.25, -0.2) is 0 Å². The van der Waals surface area contributed by atoms with Crippen LogP contribution in [0.5, 0.6) is 0 Å². The highest BCUT2D eigenvalue weighted by Gasteiger charge is 2.06. The summed E-state index contributed by atoms with van der Waals surface area (Å²) < 4.78 is 0. The number of hydrogen-bond donors (Lipinski definition) is 0. The summed E-state index contributed by atoms with van der Waals surface area (Å²) in [6.07, 6.45) is 3.44. The molecule has 18 heavy (non-hydrogen) atoms. The molecule has 0 atom stereocenters. The van der Waals surface area contributed by atoms with E-state index in [0.29, 0.717) is 11.4 Å². The standard InChI is InChI=1S/C13H9N5/c1-3-7-14-10(5-1)12-9-13(17-18-16-12)11-6-2-4-8-15-11/h1-9H. The molecule has 0 saturated heterocycles. The maximum absolute atomic E-state index is 4.23. The molecule has 0 unspecified atom stereocenters. The first kappa shape index (κ1) is 10.5. The lowest BCUT2D eigenvalue weighted by Gasteiger charge is -2.01. The smallest absolute Gasteiger partial charge is 0.115 e. The van der Waals surface area contributed by atoms with Gasteiger partial charge in [0.2, 0.25) is 0 Å². The largest absolute Gasteiger partial charge is 0.255 e. The fourth-order valence-corrected chi connectivity index (χ4v) is 1.58. The van der Waals surface area contributed by atoms with Gasteiger partial charge in [0, 0.05) is 12.4 Å². The molecule has 0 spiro atoms. The van der Waals surface area contributed by atoms with Crippen LogP contribution in [0.25, 0.3) is 22.8 Å². The fourth-order valence-electron chi connectivity index (χ4n) is 1.58. The minimum atomic E-state index is 0.686. The Morgan fingerprint density at radius 2 is 1.17 bits per heavy atom. The summed E-state index contributed by atoms with van der Waals surface area (Å²) in [6, 6.07) is 13.1. The molecule has 5 nitrogen and oxygen atoms in total. The minimum absolute atomic E-state index is 0.686. The molecule has 0 bridgehead atoms. The molecular formula is C13H9N5. The van der Waals surface area contributed by atoms with Gasteiger partial charge in [0.25, 0.3) is 0 Å². The van der Waals surface area contributed by atoms with Crippen molar-refractivity contribution in [2.24, 2.45) is 0 Å². The van der Waals surface area contributed by atoms with E-state index in [4.69, 9.17) is 0 Å². The van der Waals surface area contributed by atoms with Crippen molar-refractivity contribution in [3.05, 3.63) is 54.9 Å². The summed E-state index contributed by atoms with van der Waals surface area (Å²) in [5.74, 6) is 0. The highest BCUT2D eigenvalue weighted by Crippen LogP contribution is 2.18. The van der Waals surface area contributed by atoms with Crippen molar-refractivity contribution in [1.82, 2.24) is 25.4 Å². The topological polar surface area (TPSA) is 64.5 Å². The molecule has 0 aliphatic carbocycles. The summed E-state index contributed by atoms with van der Waals surface area (Å²) in [7, 11) is 0. The first-order valence-corrected chi connectivity index (χ1v) is 5.47. The second kappa shape index (κ2) is 4.67. The van der Waals surface area contributed by atoms with Crippen LogP contribution in [0.1, 0.15) is 0 Å². The molecule has 5 heteroatoms. The predicted octanol–water partition coefficient (Wildman–Crippen LogP) is 2.00. The van der Waals surface area contributed by atoms with Gasteiger partial charge in [-0.3, -0.25) is 9.97 Å². The van der Waals surface area contributed by atoms with Gasteiger partial charge in [-0.05, 0) is 35.5 Å². The zero-order valence-electron chi connectivity index (χ0n) is 9.43. The molecule has 3 rings (SSSR count). The fraction of sp³-hybridized carbons (Fsp3) is 0. The van der Waals surface area contributed by atoms with Gasteiger partial charge in [-0.2, -0.15) is 0 Å². The molecule has 0 aromatic carbocycles. The maximum Gasteiger partial charge on any atom is 0.115 e. The molecule has 3 heterocycles. The van der Waals surface area contributed by atoms with E-state index < -0.39 is 0 Å². The second-order valence-corrected chi connectivity index (χ2v) is 3.63. The zero-order chi connectivity index (χ0) is 12.2. The Morgan fingerprint density at radius 1 is 0.611 bits per heavy atom. The van der Waals surface area contributed by atoms with Gasteiger partial charge in [0.15, 0.2) is 0 Å². The molecule has 0 aliphatic rings. The van der Waals surface area contributed by atoms with E-state index in [1.807, 2.05) is 42.5 Å². The monoisotopic (exact) mass is 235 g/mol. The van der Waals surface area contributed by atoms with E-state index in [-0.39, 0.29) is 0 Å². The van der Waals surface area contributed by atoms with Gasteiger partial charge in [-0.15, -0.1) is 10.2 Å². The average molecular weight is 235 g/mol. The van der Waals surface area contributed by atoms with Crippen molar-refractivity contribution in [2.45, 2.75) is 0 Å². The lowest BCUT2D eigenvalue weighted by atomic mass is 10.2. The normalized spacial score (nSPS) is 10.2. The van der Waals surface area contributed by atoms with Crippen LogP contribution >= 0.6 is 0 Å². The Balaban J connectivity index is 2.05. The highest BCUT2D eigenvalue weighted by atomic mass is 15.3. The van der Waals surface area contributed by atoms with Crippen molar-refractivity contribution in [3.63, 3.8) is 0 Å². The summed E-state index contributed by atoms with van der Waals surface area (Å²) in [6.45, 7) is 0. The number of pyridine rings is 2. The quantitative estimate of drug-likeness (QED) is 0.679. The van der Waals surface area contributed by atoms with Crippen molar-refractivity contribution in [2.75, 3.05) is 0 Å². The van der Waals surface area contributed by atoms with E-state index in [9.17, 15) is 0 Å². The lowest BCUT2D eigenvalue weighted by Crippen LogP contribution is -1.96. The van der Waals surface area contributed by atoms with Crippen LogP contribution in [-0.4, -0.2) is 25.4 Å². The number of rotatable bonds is 2. The Morgan fingerprint density at radius 3 is 1.61 bits per heavy atom. The van der Waals surface area contributed by atoms with Gasteiger partial charge in [-0.1, -0.05) is 12.1 Å². The number of hydrogen-bond acceptors (Lipinski definition) is 5. The third-order valence-electron chi connectivity index (χ3n) is 2.43. The van der Waals surface area contributed by atoms with Gasteiger partial charge in [0.1, 0.15) is 11.4 Å². The van der Waals surface area contributed by atoms with Crippen LogP contribution in [0.15, 0.2) is 54.9 Å². The van der Waals surface area contributed by atoms with Gasteiger partial charge in [0.05, 0.1) is 11.4 Å². The molecule has 0 saturated carbocycles. The predicted molar refractivity (Wildman–Crippen MR) is 66.3 cm³/mol. The van der Waals surface area contributed by atoms with Crippen LogP contribution in [0, 0.1) is 0 Å². The molecular weight excluding hydrogens is 226 g/mol. The summed E-state index contributed by atoms with van der Waals surface area (Å²) in [5, 5.41) is 11.7. The molecule has 0 fully saturated rings. The first-order chi connectivity index (χ1) is 8.93. The molecule has 0 N–H and O–H groups in total. The van der Waals surface area contributed by atoms with Crippen LogP contribution in [0.3, 0.4) is 0 Å². The molecule has 3 aromatic rings. The number of aromatic nitrogens is 5. The van der Waals surface area contributed by atoms with Gasteiger partial charge < -0.3 is 0 Å². The second-order valence-electron chi connectivity index (χ2n) is 3.63. The SMILES string of the molecule is c1ccc(-c2cc(-c3ccccn3)nnn2)nc1. The van der Waals surface area contributed by atoms with Crippen LogP contribution in [0.2, 0.25) is 0 Å². The molecule has 86 valence electrons. The van der Waals surface area contributed by atoms with Crippen molar-refractivity contribution in [3.8, 4) is 22.8 Å². The van der Waals surface area contributed by atoms with E-state index in [0.717, 1.165) is 11.4 Å². The summed E-state index contributed by atoms with van der Waals surface area (Å²) >= 11 is 0. The molecule has 3 aromatic heterocycles. The van der Waals surface area contributed by atoms with Crippen LogP contribution in [-0.2, 0) is 0 Å². The summed E-state index contributed by atoms with van der Waals surface area (Å²) in [5.41, 5.74) is 2.91. The van der Waals surface area contributed by atoms with Gasteiger partial charge >= 0.3 is 0 Å². The van der Waals surface area contributed by atoms with E-state index in [1.165, 1.54) is 0 Å². The third kappa shape index (κ3) is 2.06. The van der Waals surface area contributed by atoms with Crippen molar-refractivity contribution < 1.29 is 0 Å². The Kier molecular flexibility index (Phi) is 2.71. The third-order valence-corrected chi connectivity index (χ3v) is 2.43. The minimum Gasteiger partial charge on any atom is -0.255 e. The van der Waals surface area contributed by atoms with E-state index in [1.54, 1.807) is 12.4 Å². The van der Waals surface area contributed by atoms with Crippen LogP contribution in [0.4, 0.5) is 0 Å². The number of nitrogens with zero attached hydrogens (tertiary/aromatic N) is 5. The molecule has 0 radical (unpaired) electrons. The van der Waals surface area contributed by atoms with Crippen molar-refractivity contribution in [1.29, 1.82) is 0 Å². The lowest BCUT2D eigenvalue weighted by molar-refractivity contribution is 0.871. The first-order valence-electron chi connectivity index (χ1n) is 5.47. The Bertz CT molecular complexity index is 585. The maximum atomic E-state index is 4.23. The van der Waals surface area contributed by atoms with Crippen molar-refractivity contribution >= 4 is 0 Å². The summed E-state index contributed by atoms with van der Waals surface area (Å²) in [4.78, 5) is 8.47.